The van der Waals surface area contributed by atoms with Crippen LogP contribution in [0.1, 0.15) is 93.1 Å². The Morgan fingerprint density at radius 1 is 0.940 bits per heavy atom. The standard InChI is InChI=1S/C40H54O10/c1-23(30-14-11-10-12-15-30)21-40(45)24(2)20-33(48-27(5)42)38(9)32(40)17-18-37(8)31-16-13-19-46-22-39(31,25(3)47-26(4)41)36(50-29(7)44)34(35(37)38)49-28(6)43/h10-16,20,23,25,31-36,45H,17-19,21-22H2,1-9H3/t23-,25+,31?,32?,33+,34-,35?,36-,37-,38+,39+,40?/m0/s1. The van der Waals surface area contributed by atoms with Gasteiger partial charge in [0.2, 0.25) is 0 Å². The molecule has 50 heavy (non-hydrogen) atoms. The molecule has 1 heterocycles. The van der Waals surface area contributed by atoms with Crippen molar-refractivity contribution in [1.82, 2.24) is 0 Å². The average molecular weight is 695 g/mol. The Labute approximate surface area is 295 Å². The molecule has 0 radical (unpaired) electrons. The van der Waals surface area contributed by atoms with E-state index in [1.807, 2.05) is 44.2 Å². The van der Waals surface area contributed by atoms with E-state index in [1.165, 1.54) is 27.7 Å². The summed E-state index contributed by atoms with van der Waals surface area (Å²) >= 11 is 0. The summed E-state index contributed by atoms with van der Waals surface area (Å²) in [5.41, 5.74) is -2.41. The number of carbonyl (C=O) groups excluding carboxylic acids is 4. The van der Waals surface area contributed by atoms with E-state index in [1.54, 1.807) is 6.92 Å². The molecule has 2 fully saturated rings. The molecule has 0 bridgehead atoms. The molecule has 3 aliphatic carbocycles. The van der Waals surface area contributed by atoms with Crippen molar-refractivity contribution in [3.8, 4) is 0 Å². The molecular weight excluding hydrogens is 640 g/mol. The summed E-state index contributed by atoms with van der Waals surface area (Å²) in [6.07, 6.45) is 3.58. The summed E-state index contributed by atoms with van der Waals surface area (Å²) in [4.78, 5) is 51.6. The molecule has 0 spiro atoms. The van der Waals surface area contributed by atoms with Gasteiger partial charge < -0.3 is 28.8 Å². The predicted octanol–water partition coefficient (Wildman–Crippen LogP) is 5.86. The lowest BCUT2D eigenvalue weighted by Gasteiger charge is -2.71. The third-order valence-electron chi connectivity index (χ3n) is 12.7. The van der Waals surface area contributed by atoms with E-state index in [-0.39, 0.29) is 19.1 Å². The molecule has 2 saturated carbocycles. The van der Waals surface area contributed by atoms with E-state index in [0.717, 1.165) is 11.1 Å². The zero-order valence-corrected chi connectivity index (χ0v) is 30.9. The fourth-order valence-electron chi connectivity index (χ4n) is 10.9. The van der Waals surface area contributed by atoms with Crippen molar-refractivity contribution in [2.75, 3.05) is 13.2 Å². The van der Waals surface area contributed by atoms with Gasteiger partial charge in [0.25, 0.3) is 0 Å². The van der Waals surface area contributed by atoms with E-state index in [4.69, 9.17) is 23.7 Å². The number of ether oxygens (including phenoxy) is 5. The van der Waals surface area contributed by atoms with Gasteiger partial charge >= 0.3 is 23.9 Å². The topological polar surface area (TPSA) is 135 Å². The number of hydrogen-bond acceptors (Lipinski definition) is 10. The first-order valence-corrected chi connectivity index (χ1v) is 17.8. The van der Waals surface area contributed by atoms with Crippen molar-refractivity contribution in [2.24, 2.45) is 34.0 Å². The Bertz CT molecular complexity index is 1540. The number of benzene rings is 1. The highest BCUT2D eigenvalue weighted by Crippen LogP contribution is 2.72. The van der Waals surface area contributed by atoms with E-state index >= 15 is 0 Å². The Hall–Kier alpha value is -3.50. The lowest BCUT2D eigenvalue weighted by atomic mass is 9.35. The van der Waals surface area contributed by atoms with Crippen molar-refractivity contribution >= 4 is 23.9 Å². The van der Waals surface area contributed by atoms with Crippen LogP contribution < -0.4 is 0 Å². The van der Waals surface area contributed by atoms with Gasteiger partial charge in [-0.2, -0.15) is 0 Å². The molecule has 0 aromatic heterocycles. The molecule has 1 N–H and O–H groups in total. The van der Waals surface area contributed by atoms with Gasteiger partial charge in [0.1, 0.15) is 18.3 Å². The second-order valence-electron chi connectivity index (χ2n) is 15.6. The van der Waals surface area contributed by atoms with E-state index < -0.39 is 87.9 Å². The molecule has 4 unspecified atom stereocenters. The van der Waals surface area contributed by atoms with Crippen molar-refractivity contribution in [3.05, 3.63) is 59.7 Å². The monoisotopic (exact) mass is 694 g/mol. The number of rotatable bonds is 8. The van der Waals surface area contributed by atoms with Crippen LogP contribution in [0.2, 0.25) is 0 Å². The fourth-order valence-corrected chi connectivity index (χ4v) is 10.9. The average Bonchev–Trinajstić information content (AvgIpc) is 3.26. The second-order valence-corrected chi connectivity index (χ2v) is 15.6. The smallest absolute Gasteiger partial charge is 0.303 e. The maximum Gasteiger partial charge on any atom is 0.303 e. The minimum Gasteiger partial charge on any atom is -0.462 e. The molecule has 1 aromatic carbocycles. The van der Waals surface area contributed by atoms with E-state index in [9.17, 15) is 24.3 Å². The third kappa shape index (κ3) is 6.20. The Balaban J connectivity index is 1.79. The second kappa shape index (κ2) is 13.9. The third-order valence-corrected chi connectivity index (χ3v) is 12.7. The molecule has 1 aromatic rings. The Kier molecular flexibility index (Phi) is 10.5. The summed E-state index contributed by atoms with van der Waals surface area (Å²) in [6, 6.07) is 10.0. The number of fused-ring (bicyclic) bond motifs is 5. The van der Waals surface area contributed by atoms with E-state index in [0.29, 0.717) is 19.3 Å². The van der Waals surface area contributed by atoms with Crippen molar-refractivity contribution in [1.29, 1.82) is 0 Å². The van der Waals surface area contributed by atoms with Gasteiger partial charge in [-0.3, -0.25) is 19.2 Å². The molecule has 10 heteroatoms. The minimum atomic E-state index is -1.32. The van der Waals surface area contributed by atoms with Gasteiger partial charge in [0.05, 0.1) is 24.2 Å². The minimum absolute atomic E-state index is 0.0176. The molecule has 274 valence electrons. The Morgan fingerprint density at radius 3 is 2.18 bits per heavy atom. The predicted molar refractivity (Wildman–Crippen MR) is 184 cm³/mol. The molecule has 5 rings (SSSR count). The molecule has 4 aliphatic rings. The first kappa shape index (κ1) is 37.7. The summed E-state index contributed by atoms with van der Waals surface area (Å²) in [5.74, 6) is -3.66. The van der Waals surface area contributed by atoms with Crippen LogP contribution in [0.15, 0.2) is 54.1 Å². The zero-order valence-electron chi connectivity index (χ0n) is 30.9. The van der Waals surface area contributed by atoms with Gasteiger partial charge in [-0.1, -0.05) is 63.3 Å². The first-order chi connectivity index (χ1) is 23.4. The highest BCUT2D eigenvalue weighted by atomic mass is 16.6. The van der Waals surface area contributed by atoms with Crippen molar-refractivity contribution < 1.29 is 48.0 Å². The van der Waals surface area contributed by atoms with Crippen LogP contribution in [0.25, 0.3) is 0 Å². The SMILES string of the molecule is CC(=O)O[C@H]1C2[C@@](C)(CCC3C(O)(C[C@H](C)c4ccccc4)C(C)=C[C@@H](OC(C)=O)[C@@]32C)C2C=CCOC[C@]2([C@@H](C)OC(C)=O)[C@H]1OC(C)=O. The van der Waals surface area contributed by atoms with Gasteiger partial charge in [-0.15, -0.1) is 0 Å². The first-order valence-electron chi connectivity index (χ1n) is 17.8. The molecular formula is C40H54O10. The highest BCUT2D eigenvalue weighted by Gasteiger charge is 2.76. The summed E-state index contributed by atoms with van der Waals surface area (Å²) in [5, 5.41) is 13.1. The maximum absolute atomic E-state index is 13.2. The lowest BCUT2D eigenvalue weighted by molar-refractivity contribution is -0.304. The highest BCUT2D eigenvalue weighted by molar-refractivity contribution is 5.68. The fraction of sp³-hybridized carbons (Fsp3) is 0.650. The summed E-state index contributed by atoms with van der Waals surface area (Å²) in [7, 11) is 0. The maximum atomic E-state index is 13.2. The van der Waals surface area contributed by atoms with Gasteiger partial charge in [-0.25, -0.2) is 0 Å². The zero-order chi connectivity index (χ0) is 36.8. The van der Waals surface area contributed by atoms with Crippen LogP contribution in [-0.4, -0.2) is 72.2 Å². The van der Waals surface area contributed by atoms with Crippen molar-refractivity contribution in [3.63, 3.8) is 0 Å². The summed E-state index contributed by atoms with van der Waals surface area (Å²) in [6.45, 7) is 15.6. The quantitative estimate of drug-likeness (QED) is 0.200. The van der Waals surface area contributed by atoms with Crippen LogP contribution in [0.5, 0.6) is 0 Å². The number of carbonyl (C=O) groups is 4. The number of hydrogen-bond donors (Lipinski definition) is 1. The molecule has 0 amide bonds. The van der Waals surface area contributed by atoms with Gasteiger partial charge in [-0.05, 0) is 67.6 Å². The Morgan fingerprint density at radius 2 is 1.58 bits per heavy atom. The van der Waals surface area contributed by atoms with Crippen LogP contribution in [0.3, 0.4) is 0 Å². The van der Waals surface area contributed by atoms with E-state index in [2.05, 4.69) is 32.1 Å². The van der Waals surface area contributed by atoms with Gasteiger partial charge in [0.15, 0.2) is 6.10 Å². The molecule has 12 atom stereocenters. The lowest BCUT2D eigenvalue weighted by Crippen LogP contribution is -2.76. The van der Waals surface area contributed by atoms with Crippen LogP contribution in [-0.2, 0) is 42.9 Å². The number of aliphatic hydroxyl groups is 1. The molecule has 1 aliphatic heterocycles. The largest absolute Gasteiger partial charge is 0.462 e. The number of esters is 4. The molecule has 10 nitrogen and oxygen atoms in total. The van der Waals surface area contributed by atoms with Crippen LogP contribution in [0.4, 0.5) is 0 Å². The molecule has 0 saturated heterocycles. The van der Waals surface area contributed by atoms with Gasteiger partial charge in [0, 0.05) is 44.9 Å². The van der Waals surface area contributed by atoms with Crippen molar-refractivity contribution in [2.45, 2.75) is 118 Å². The van der Waals surface area contributed by atoms with Crippen LogP contribution in [0, 0.1) is 34.0 Å². The number of allylic oxidation sites excluding steroid dienone is 1. The van der Waals surface area contributed by atoms with Crippen LogP contribution >= 0.6 is 0 Å². The summed E-state index contributed by atoms with van der Waals surface area (Å²) < 4.78 is 30.9. The normalized spacial score (nSPS) is 38.8.